The second-order valence-corrected chi connectivity index (χ2v) is 13.5. The number of hydrogen-bond donors (Lipinski definition) is 1. The Balaban J connectivity index is 1.49. The van der Waals surface area contributed by atoms with Crippen LogP contribution in [0.1, 0.15) is 25.8 Å². The van der Waals surface area contributed by atoms with Crippen LogP contribution in [0.25, 0.3) is 0 Å². The molecule has 49 heavy (non-hydrogen) atoms. The standard InChI is InChI=1S/C40H45N3O6/c1-6-22-41(29-16-12-9-13-17-29)36(45)33-34-37(46)43(31(26-44)24-28-14-10-8-11-15-28)35(40(34)25-27(3)39(33,4)49-40)38(47)42(23-7-2)30-18-20-32(48-5)21-19-30/h6-21,27,31,33-35,44H,1-2,22-26H2,3-5H3/t27?,31-,33+,34+,35?,39-,40?/m1/s1. The highest BCUT2D eigenvalue weighted by Gasteiger charge is 2.80. The Labute approximate surface area is 288 Å². The summed E-state index contributed by atoms with van der Waals surface area (Å²) in [7, 11) is 1.58. The molecule has 0 radical (unpaired) electrons. The number of hydrogen-bond acceptors (Lipinski definition) is 6. The fraction of sp³-hybridized carbons (Fsp3) is 0.375. The molecule has 9 heteroatoms. The summed E-state index contributed by atoms with van der Waals surface area (Å²) < 4.78 is 12.4. The minimum absolute atomic E-state index is 0.155. The van der Waals surface area contributed by atoms with Crippen molar-refractivity contribution >= 4 is 29.1 Å². The van der Waals surface area contributed by atoms with Crippen LogP contribution >= 0.6 is 0 Å². The van der Waals surface area contributed by atoms with Crippen LogP contribution in [0.5, 0.6) is 5.75 Å². The van der Waals surface area contributed by atoms with Gasteiger partial charge in [-0.15, -0.1) is 13.2 Å². The van der Waals surface area contributed by atoms with Crippen molar-refractivity contribution in [1.82, 2.24) is 4.90 Å². The van der Waals surface area contributed by atoms with E-state index in [0.29, 0.717) is 30.0 Å². The zero-order valence-electron chi connectivity index (χ0n) is 28.4. The van der Waals surface area contributed by atoms with Crippen molar-refractivity contribution in [1.29, 1.82) is 0 Å². The number of likely N-dealkylation sites (tertiary alicyclic amines) is 1. The first-order chi connectivity index (χ1) is 23.6. The van der Waals surface area contributed by atoms with Crippen LogP contribution in [0, 0.1) is 17.8 Å². The molecular formula is C40H45N3O6. The first-order valence-corrected chi connectivity index (χ1v) is 16.9. The van der Waals surface area contributed by atoms with E-state index in [1.165, 1.54) is 4.90 Å². The summed E-state index contributed by atoms with van der Waals surface area (Å²) in [5.74, 6) is -2.32. The third-order valence-electron chi connectivity index (χ3n) is 10.8. The van der Waals surface area contributed by atoms with Gasteiger partial charge in [0.15, 0.2) is 0 Å². The SMILES string of the molecule is C=CCN(C(=O)C1N([C@@H](CO)Cc2ccccc2)C(=O)[C@@H]2[C@@H](C(=O)N(CC=C)c3ccccc3)[C@]3(C)OC12CC3C)c1ccc(OC)cc1. The van der Waals surface area contributed by atoms with Crippen molar-refractivity contribution in [3.05, 3.63) is 116 Å². The molecule has 3 aromatic carbocycles. The maximum Gasteiger partial charge on any atom is 0.253 e. The van der Waals surface area contributed by atoms with E-state index < -0.39 is 35.1 Å². The molecule has 0 saturated carbocycles. The number of carbonyl (C=O) groups excluding carboxylic acids is 3. The Kier molecular flexibility index (Phi) is 9.51. The van der Waals surface area contributed by atoms with Crippen LogP contribution in [-0.4, -0.2) is 77.8 Å². The van der Waals surface area contributed by atoms with Gasteiger partial charge in [-0.3, -0.25) is 14.4 Å². The predicted octanol–water partition coefficient (Wildman–Crippen LogP) is 5.05. The largest absolute Gasteiger partial charge is 0.497 e. The zero-order valence-corrected chi connectivity index (χ0v) is 28.4. The van der Waals surface area contributed by atoms with Crippen LogP contribution in [-0.2, 0) is 25.5 Å². The van der Waals surface area contributed by atoms with E-state index >= 15 is 9.59 Å². The fourth-order valence-corrected chi connectivity index (χ4v) is 8.45. The molecule has 3 aliphatic heterocycles. The molecule has 1 spiro atoms. The lowest BCUT2D eigenvalue weighted by atomic mass is 9.62. The Morgan fingerprint density at radius 3 is 2.10 bits per heavy atom. The second kappa shape index (κ2) is 13.6. The van der Waals surface area contributed by atoms with Gasteiger partial charge in [-0.05, 0) is 67.6 Å². The third-order valence-corrected chi connectivity index (χ3v) is 10.8. The van der Waals surface area contributed by atoms with E-state index in [1.54, 1.807) is 53.3 Å². The number of para-hydroxylation sites is 1. The van der Waals surface area contributed by atoms with Gasteiger partial charge in [-0.25, -0.2) is 0 Å². The van der Waals surface area contributed by atoms with Crippen LogP contribution in [0.3, 0.4) is 0 Å². The summed E-state index contributed by atoms with van der Waals surface area (Å²) in [5, 5.41) is 10.9. The molecule has 0 aliphatic carbocycles. The maximum atomic E-state index is 15.2. The van der Waals surface area contributed by atoms with Crippen LogP contribution in [0.2, 0.25) is 0 Å². The van der Waals surface area contributed by atoms with Crippen molar-refractivity contribution in [2.45, 2.75) is 50.0 Å². The highest BCUT2D eigenvalue weighted by molar-refractivity contribution is 6.07. The predicted molar refractivity (Wildman–Crippen MR) is 189 cm³/mol. The molecule has 2 bridgehead atoms. The van der Waals surface area contributed by atoms with Crippen molar-refractivity contribution in [3.63, 3.8) is 0 Å². The van der Waals surface area contributed by atoms with E-state index in [-0.39, 0.29) is 43.3 Å². The second-order valence-electron chi connectivity index (χ2n) is 13.5. The quantitative estimate of drug-likeness (QED) is 0.257. The normalized spacial score (nSPS) is 27.3. The van der Waals surface area contributed by atoms with E-state index in [4.69, 9.17) is 9.47 Å². The van der Waals surface area contributed by atoms with Gasteiger partial charge in [0.05, 0.1) is 37.2 Å². The molecule has 7 atom stereocenters. The van der Waals surface area contributed by atoms with E-state index in [9.17, 15) is 9.90 Å². The van der Waals surface area contributed by atoms with Gasteiger partial charge < -0.3 is 29.3 Å². The Hall–Kier alpha value is -4.73. The van der Waals surface area contributed by atoms with Gasteiger partial charge in [0.2, 0.25) is 11.8 Å². The lowest BCUT2D eigenvalue weighted by Crippen LogP contribution is -2.59. The minimum Gasteiger partial charge on any atom is -0.497 e. The van der Waals surface area contributed by atoms with Crippen molar-refractivity contribution in [2.75, 3.05) is 36.6 Å². The van der Waals surface area contributed by atoms with Gasteiger partial charge >= 0.3 is 0 Å². The molecule has 6 rings (SSSR count). The maximum absolute atomic E-state index is 15.2. The van der Waals surface area contributed by atoms with Crippen LogP contribution < -0.4 is 14.5 Å². The van der Waals surface area contributed by atoms with Crippen molar-refractivity contribution in [3.8, 4) is 5.75 Å². The first-order valence-electron chi connectivity index (χ1n) is 16.9. The zero-order chi connectivity index (χ0) is 34.9. The molecule has 9 nitrogen and oxygen atoms in total. The number of nitrogens with zero attached hydrogens (tertiary/aromatic N) is 3. The smallest absolute Gasteiger partial charge is 0.253 e. The summed E-state index contributed by atoms with van der Waals surface area (Å²) in [5.41, 5.74) is -0.137. The average Bonchev–Trinajstić information content (AvgIpc) is 3.65. The number of methoxy groups -OCH3 is 1. The number of carbonyl (C=O) groups is 3. The van der Waals surface area contributed by atoms with E-state index in [0.717, 1.165) is 5.56 Å². The summed E-state index contributed by atoms with van der Waals surface area (Å²) in [4.78, 5) is 49.9. The van der Waals surface area contributed by atoms with Crippen LogP contribution in [0.4, 0.5) is 11.4 Å². The number of fused-ring (bicyclic) bond motifs is 1. The number of aliphatic hydroxyl groups excluding tert-OH is 1. The molecule has 3 unspecified atom stereocenters. The van der Waals surface area contributed by atoms with Gasteiger partial charge in [0, 0.05) is 24.5 Å². The number of anilines is 2. The topological polar surface area (TPSA) is 99.6 Å². The Morgan fingerprint density at radius 1 is 0.959 bits per heavy atom. The molecule has 3 fully saturated rings. The lowest BCUT2D eigenvalue weighted by molar-refractivity contribution is -0.149. The molecule has 3 heterocycles. The molecular weight excluding hydrogens is 618 g/mol. The van der Waals surface area contributed by atoms with Crippen molar-refractivity contribution in [2.24, 2.45) is 17.8 Å². The molecule has 3 aromatic rings. The van der Waals surface area contributed by atoms with Crippen molar-refractivity contribution < 1.29 is 29.0 Å². The monoisotopic (exact) mass is 663 g/mol. The number of rotatable bonds is 13. The highest BCUT2D eigenvalue weighted by Crippen LogP contribution is 2.66. The first kappa shape index (κ1) is 34.1. The van der Waals surface area contributed by atoms with Crippen LogP contribution in [0.15, 0.2) is 110 Å². The lowest BCUT2D eigenvalue weighted by Gasteiger charge is -2.39. The molecule has 0 aromatic heterocycles. The number of ether oxygens (including phenoxy) is 2. The molecule has 3 amide bonds. The van der Waals surface area contributed by atoms with Gasteiger partial charge in [-0.1, -0.05) is 67.6 Å². The summed E-state index contributed by atoms with van der Waals surface area (Å²) in [6, 6.07) is 24.2. The number of benzene rings is 3. The third kappa shape index (κ3) is 5.64. The highest BCUT2D eigenvalue weighted by atomic mass is 16.5. The molecule has 256 valence electrons. The minimum atomic E-state index is -1.31. The molecule has 3 aliphatic rings. The van der Waals surface area contributed by atoms with Gasteiger partial charge in [-0.2, -0.15) is 0 Å². The fourth-order valence-electron chi connectivity index (χ4n) is 8.45. The number of amides is 3. The van der Waals surface area contributed by atoms with Gasteiger partial charge in [0.1, 0.15) is 17.4 Å². The number of aliphatic hydroxyl groups is 1. The van der Waals surface area contributed by atoms with E-state index in [2.05, 4.69) is 13.2 Å². The Bertz CT molecular complexity index is 1700. The summed E-state index contributed by atoms with van der Waals surface area (Å²) in [6.45, 7) is 11.8. The summed E-state index contributed by atoms with van der Waals surface area (Å²) >= 11 is 0. The summed E-state index contributed by atoms with van der Waals surface area (Å²) in [6.07, 6.45) is 4.02. The van der Waals surface area contributed by atoms with E-state index in [1.807, 2.05) is 74.5 Å². The van der Waals surface area contributed by atoms with Gasteiger partial charge in [0.25, 0.3) is 5.91 Å². The molecule has 3 saturated heterocycles. The molecule has 1 N–H and O–H groups in total. The average molecular weight is 664 g/mol. The Morgan fingerprint density at radius 2 is 1.53 bits per heavy atom.